The minimum Gasteiger partial charge on any atom is -0.340 e. The Bertz CT molecular complexity index is 996. The molecule has 2 heterocycles. The number of carbonyl (C=O) groups excluding carboxylic acids is 1. The van der Waals surface area contributed by atoms with E-state index in [4.69, 9.17) is 0 Å². The fourth-order valence-corrected chi connectivity index (χ4v) is 2.88. The van der Waals surface area contributed by atoms with Gasteiger partial charge in [-0.25, -0.2) is 0 Å². The molecule has 28 heavy (non-hydrogen) atoms. The average molecular weight is 388 g/mol. The van der Waals surface area contributed by atoms with Crippen molar-refractivity contribution in [2.75, 3.05) is 0 Å². The van der Waals surface area contributed by atoms with Crippen molar-refractivity contribution in [1.29, 1.82) is 0 Å². The topological polar surface area (TPSA) is 59.8 Å². The van der Waals surface area contributed by atoms with Crippen LogP contribution in [-0.4, -0.2) is 20.7 Å². The first-order chi connectivity index (χ1) is 13.2. The maximum atomic E-state index is 12.9. The minimum absolute atomic E-state index is 0.171. The zero-order valence-corrected chi connectivity index (χ0v) is 15.6. The summed E-state index contributed by atoms with van der Waals surface area (Å²) in [4.78, 5) is 16.7. The van der Waals surface area contributed by atoms with Gasteiger partial charge in [-0.1, -0.05) is 18.2 Å². The van der Waals surface area contributed by atoms with Gasteiger partial charge in [0.2, 0.25) is 0 Å². The molecule has 0 bridgehead atoms. The second-order valence-corrected chi connectivity index (χ2v) is 6.57. The zero-order chi connectivity index (χ0) is 20.5. The van der Waals surface area contributed by atoms with Gasteiger partial charge in [0.05, 0.1) is 6.04 Å². The molecular formula is C20H19F3N4O. The molecular weight excluding hydrogens is 369 g/mol. The van der Waals surface area contributed by atoms with Crippen LogP contribution in [0.3, 0.4) is 0 Å². The van der Waals surface area contributed by atoms with E-state index in [9.17, 15) is 18.0 Å². The Labute approximate surface area is 160 Å². The third-order valence-corrected chi connectivity index (χ3v) is 4.58. The summed E-state index contributed by atoms with van der Waals surface area (Å²) in [6.45, 7) is 3.94. The number of aromatic nitrogens is 3. The van der Waals surface area contributed by atoms with Crippen LogP contribution < -0.4 is 5.32 Å². The van der Waals surface area contributed by atoms with Crippen molar-refractivity contribution in [2.24, 2.45) is 7.05 Å². The van der Waals surface area contributed by atoms with Crippen LogP contribution in [0, 0.1) is 13.8 Å². The van der Waals surface area contributed by atoms with E-state index >= 15 is 0 Å². The van der Waals surface area contributed by atoms with Gasteiger partial charge in [-0.2, -0.15) is 18.3 Å². The highest BCUT2D eigenvalue weighted by atomic mass is 19.4. The number of alkyl halides is 3. The van der Waals surface area contributed by atoms with Gasteiger partial charge in [-0.3, -0.25) is 14.5 Å². The van der Waals surface area contributed by atoms with E-state index < -0.39 is 23.8 Å². The number of benzene rings is 1. The van der Waals surface area contributed by atoms with Crippen LogP contribution >= 0.6 is 0 Å². The number of carbonyl (C=O) groups is 1. The summed E-state index contributed by atoms with van der Waals surface area (Å²) >= 11 is 0. The summed E-state index contributed by atoms with van der Waals surface area (Å²) < 4.78 is 39.6. The number of amides is 1. The summed E-state index contributed by atoms with van der Waals surface area (Å²) in [5.74, 6) is -0.648. The fraction of sp³-hybridized carbons (Fsp3) is 0.250. The van der Waals surface area contributed by atoms with Crippen molar-refractivity contribution in [3.63, 3.8) is 0 Å². The first kappa shape index (κ1) is 19.6. The lowest BCUT2D eigenvalue weighted by Crippen LogP contribution is -2.30. The van der Waals surface area contributed by atoms with E-state index in [0.717, 1.165) is 33.0 Å². The third kappa shape index (κ3) is 4.05. The highest BCUT2D eigenvalue weighted by molar-refractivity contribution is 5.93. The van der Waals surface area contributed by atoms with E-state index in [0.29, 0.717) is 0 Å². The predicted molar refractivity (Wildman–Crippen MR) is 97.7 cm³/mol. The average Bonchev–Trinajstić information content (AvgIpc) is 3.05. The van der Waals surface area contributed by atoms with E-state index in [1.54, 1.807) is 24.5 Å². The van der Waals surface area contributed by atoms with E-state index in [2.05, 4.69) is 15.4 Å². The number of nitrogens with one attached hydrogen (secondary N) is 1. The molecule has 3 rings (SSSR count). The quantitative estimate of drug-likeness (QED) is 0.736. The lowest BCUT2D eigenvalue weighted by atomic mass is 9.96. The Hall–Kier alpha value is -3.16. The van der Waals surface area contributed by atoms with Gasteiger partial charge in [0.1, 0.15) is 5.69 Å². The van der Waals surface area contributed by atoms with Gasteiger partial charge in [-0.05, 0) is 48.2 Å². The first-order valence-corrected chi connectivity index (χ1v) is 8.56. The summed E-state index contributed by atoms with van der Waals surface area (Å²) in [5.41, 5.74) is 2.46. The third-order valence-electron chi connectivity index (χ3n) is 4.58. The van der Waals surface area contributed by atoms with Crippen molar-refractivity contribution in [3.8, 4) is 0 Å². The van der Waals surface area contributed by atoms with Crippen molar-refractivity contribution < 1.29 is 18.0 Å². The van der Waals surface area contributed by atoms with Crippen LogP contribution in [0.1, 0.15) is 44.5 Å². The van der Waals surface area contributed by atoms with Crippen molar-refractivity contribution in [2.45, 2.75) is 26.1 Å². The number of halogens is 3. The maximum Gasteiger partial charge on any atom is 0.435 e. The van der Waals surface area contributed by atoms with Crippen LogP contribution in [0.4, 0.5) is 13.2 Å². The lowest BCUT2D eigenvalue weighted by Gasteiger charge is -2.20. The number of hydrogen-bond acceptors (Lipinski definition) is 3. The second kappa shape index (κ2) is 7.46. The summed E-state index contributed by atoms with van der Waals surface area (Å²) in [6, 6.07) is 9.49. The lowest BCUT2D eigenvalue weighted by molar-refractivity contribution is -0.141. The molecule has 1 atom stereocenters. The van der Waals surface area contributed by atoms with E-state index in [1.807, 2.05) is 32.0 Å². The Morgan fingerprint density at radius 2 is 1.71 bits per heavy atom. The summed E-state index contributed by atoms with van der Waals surface area (Å²) in [5, 5.41) is 6.23. The Kier molecular flexibility index (Phi) is 5.22. The minimum atomic E-state index is -4.62. The fourth-order valence-electron chi connectivity index (χ4n) is 2.88. The van der Waals surface area contributed by atoms with Crippen LogP contribution in [0.5, 0.6) is 0 Å². The molecule has 1 aromatic carbocycles. The molecule has 0 unspecified atom stereocenters. The molecule has 0 aliphatic heterocycles. The smallest absolute Gasteiger partial charge is 0.340 e. The van der Waals surface area contributed by atoms with Gasteiger partial charge in [0.15, 0.2) is 5.69 Å². The highest BCUT2D eigenvalue weighted by Crippen LogP contribution is 2.29. The first-order valence-electron chi connectivity index (χ1n) is 8.56. The number of rotatable bonds is 4. The molecule has 0 saturated carbocycles. The van der Waals surface area contributed by atoms with Crippen molar-refractivity contribution in [1.82, 2.24) is 20.1 Å². The molecule has 0 fully saturated rings. The molecule has 2 aromatic heterocycles. The second-order valence-electron chi connectivity index (χ2n) is 6.57. The van der Waals surface area contributed by atoms with Crippen molar-refractivity contribution in [3.05, 3.63) is 82.4 Å². The standard InChI is InChI=1S/C20H19F3N4O/c1-12-4-5-15(10-13(12)2)18(14-6-8-24-9-7-14)25-19(28)16-11-17(20(21,22)23)26-27(16)3/h4-11,18H,1-3H3,(H,25,28)/t18-/m0/s1. The molecule has 0 aliphatic rings. The molecule has 8 heteroatoms. The van der Waals surface area contributed by atoms with E-state index in [1.165, 1.54) is 7.05 Å². The predicted octanol–water partition coefficient (Wildman–Crippen LogP) is 3.97. The van der Waals surface area contributed by atoms with Gasteiger partial charge >= 0.3 is 6.18 Å². The molecule has 3 aromatic rings. The SMILES string of the molecule is Cc1ccc([C@@H](NC(=O)c2cc(C(F)(F)F)nn2C)c2ccncc2)cc1C. The molecule has 146 valence electrons. The van der Waals surface area contributed by atoms with Crippen LogP contribution in [0.2, 0.25) is 0 Å². The number of nitrogens with zero attached hydrogens (tertiary/aromatic N) is 3. The molecule has 0 spiro atoms. The van der Waals surface area contributed by atoms with Crippen LogP contribution in [-0.2, 0) is 13.2 Å². The van der Waals surface area contributed by atoms with Gasteiger partial charge in [-0.15, -0.1) is 0 Å². The number of pyridine rings is 1. The molecule has 1 N–H and O–H groups in total. The zero-order valence-electron chi connectivity index (χ0n) is 15.6. The van der Waals surface area contributed by atoms with E-state index in [-0.39, 0.29) is 5.69 Å². The van der Waals surface area contributed by atoms with Gasteiger partial charge in [0.25, 0.3) is 5.91 Å². The van der Waals surface area contributed by atoms with Crippen LogP contribution in [0.15, 0.2) is 48.8 Å². The maximum absolute atomic E-state index is 12.9. The van der Waals surface area contributed by atoms with Crippen LogP contribution in [0.25, 0.3) is 0 Å². The largest absolute Gasteiger partial charge is 0.435 e. The molecule has 5 nitrogen and oxygen atoms in total. The summed E-state index contributed by atoms with van der Waals surface area (Å²) in [7, 11) is 1.31. The Balaban J connectivity index is 1.97. The Morgan fingerprint density at radius 3 is 2.29 bits per heavy atom. The number of hydrogen-bond donors (Lipinski definition) is 1. The monoisotopic (exact) mass is 388 g/mol. The van der Waals surface area contributed by atoms with Gasteiger partial charge < -0.3 is 5.32 Å². The van der Waals surface area contributed by atoms with Gasteiger partial charge in [0, 0.05) is 25.5 Å². The molecule has 0 aliphatic carbocycles. The van der Waals surface area contributed by atoms with Crippen molar-refractivity contribution >= 4 is 5.91 Å². The summed E-state index contributed by atoms with van der Waals surface area (Å²) in [6.07, 6.45) is -1.42. The molecule has 1 amide bonds. The highest BCUT2D eigenvalue weighted by Gasteiger charge is 2.35. The molecule has 0 saturated heterocycles. The number of aryl methyl sites for hydroxylation is 3. The molecule has 0 radical (unpaired) electrons. The Morgan fingerprint density at radius 1 is 1.04 bits per heavy atom. The normalized spacial score (nSPS) is 12.6.